The number of amides is 1. The molecule has 1 aliphatic heterocycles. The smallest absolute Gasteiger partial charge is 0.294 e. The van der Waals surface area contributed by atoms with Crippen molar-refractivity contribution >= 4 is 17.4 Å². The zero-order valence-corrected chi connectivity index (χ0v) is 13.3. The molecule has 0 spiro atoms. The minimum absolute atomic E-state index is 0.0271. The third kappa shape index (κ3) is 2.70. The van der Waals surface area contributed by atoms with Crippen LogP contribution in [0.4, 0.5) is 10.2 Å². The fourth-order valence-electron chi connectivity index (χ4n) is 3.33. The fourth-order valence-corrected chi connectivity index (χ4v) is 3.33. The highest BCUT2D eigenvalue weighted by Gasteiger charge is 2.28. The summed E-state index contributed by atoms with van der Waals surface area (Å²) in [5, 5.41) is 13.3. The molecule has 1 amide bonds. The van der Waals surface area contributed by atoms with Gasteiger partial charge >= 0.3 is 0 Å². The molecule has 1 unspecified atom stereocenters. The van der Waals surface area contributed by atoms with E-state index in [-0.39, 0.29) is 17.6 Å². The molecule has 4 rings (SSSR count). The summed E-state index contributed by atoms with van der Waals surface area (Å²) >= 11 is 0. The first-order valence-electron chi connectivity index (χ1n) is 7.99. The second-order valence-electron chi connectivity index (χ2n) is 5.95. The molecule has 1 fully saturated rings. The maximum absolute atomic E-state index is 13.6. The minimum Gasteiger partial charge on any atom is -0.348 e. The van der Waals surface area contributed by atoms with Crippen molar-refractivity contribution in [2.24, 2.45) is 0 Å². The lowest BCUT2D eigenvalue weighted by Gasteiger charge is -2.26. The Labute approximate surface area is 142 Å². The molecular weight excluding hydrogens is 325 g/mol. The summed E-state index contributed by atoms with van der Waals surface area (Å²) in [5.74, 6) is -0.270. The molecule has 0 aliphatic carbocycles. The van der Waals surface area contributed by atoms with Gasteiger partial charge in [-0.2, -0.15) is 0 Å². The van der Waals surface area contributed by atoms with Gasteiger partial charge in [-0.3, -0.25) is 10.0 Å². The molecule has 128 valence electrons. The van der Waals surface area contributed by atoms with E-state index in [9.17, 15) is 9.18 Å². The van der Waals surface area contributed by atoms with Crippen LogP contribution in [0.15, 0.2) is 42.6 Å². The topological polar surface area (TPSA) is 82.8 Å². The Hall–Kier alpha value is -3.00. The molecular formula is C17H16FN5O2. The number of imidazole rings is 1. The number of halogens is 1. The van der Waals surface area contributed by atoms with Gasteiger partial charge in [-0.05, 0) is 42.7 Å². The molecule has 1 aromatic carbocycles. The van der Waals surface area contributed by atoms with Crippen LogP contribution in [0.1, 0.15) is 34.9 Å². The van der Waals surface area contributed by atoms with Crippen LogP contribution >= 0.6 is 0 Å². The van der Waals surface area contributed by atoms with Crippen LogP contribution in [0.25, 0.3) is 5.65 Å². The number of nitrogens with zero attached hydrogens (tertiary/aromatic N) is 4. The molecule has 8 heteroatoms. The maximum Gasteiger partial charge on any atom is 0.294 e. The zero-order chi connectivity index (χ0) is 17.4. The molecule has 1 atom stereocenters. The molecule has 1 aliphatic rings. The Morgan fingerprint density at radius 1 is 1.32 bits per heavy atom. The average molecular weight is 341 g/mol. The summed E-state index contributed by atoms with van der Waals surface area (Å²) in [4.78, 5) is 17.9. The fraction of sp³-hybridized carbons (Fsp3) is 0.235. The lowest BCUT2D eigenvalue weighted by molar-refractivity contribution is 0.0698. The van der Waals surface area contributed by atoms with E-state index >= 15 is 0 Å². The predicted octanol–water partition coefficient (Wildman–Crippen LogP) is 2.33. The van der Waals surface area contributed by atoms with Crippen LogP contribution in [0.2, 0.25) is 0 Å². The lowest BCUT2D eigenvalue weighted by Crippen LogP contribution is -2.25. The second kappa shape index (κ2) is 6.14. The number of carbonyl (C=O) groups is 1. The Balaban J connectivity index is 1.74. The van der Waals surface area contributed by atoms with E-state index in [2.05, 4.69) is 15.0 Å². The van der Waals surface area contributed by atoms with E-state index in [1.807, 2.05) is 12.1 Å². The van der Waals surface area contributed by atoms with Crippen LogP contribution < -0.4 is 10.4 Å². The number of hydroxylamine groups is 1. The Morgan fingerprint density at radius 2 is 2.20 bits per heavy atom. The van der Waals surface area contributed by atoms with Gasteiger partial charge in [-0.25, -0.2) is 19.4 Å². The molecule has 25 heavy (non-hydrogen) atoms. The summed E-state index contributed by atoms with van der Waals surface area (Å²) in [7, 11) is 0. The zero-order valence-electron chi connectivity index (χ0n) is 13.3. The van der Waals surface area contributed by atoms with Crippen molar-refractivity contribution in [2.45, 2.75) is 18.9 Å². The number of rotatable bonds is 3. The predicted molar refractivity (Wildman–Crippen MR) is 88.0 cm³/mol. The normalized spacial score (nSPS) is 17.2. The van der Waals surface area contributed by atoms with Crippen LogP contribution in [0.5, 0.6) is 0 Å². The van der Waals surface area contributed by atoms with Crippen molar-refractivity contribution in [3.63, 3.8) is 0 Å². The number of nitrogens with one attached hydrogen (secondary N) is 1. The van der Waals surface area contributed by atoms with Gasteiger partial charge in [0.15, 0.2) is 11.3 Å². The first-order valence-corrected chi connectivity index (χ1v) is 7.99. The monoisotopic (exact) mass is 341 g/mol. The number of benzene rings is 1. The first-order chi connectivity index (χ1) is 12.2. The van der Waals surface area contributed by atoms with Gasteiger partial charge in [0.05, 0.1) is 12.2 Å². The van der Waals surface area contributed by atoms with E-state index < -0.39 is 5.91 Å². The number of carbonyl (C=O) groups excluding carboxylic acids is 1. The largest absolute Gasteiger partial charge is 0.348 e. The van der Waals surface area contributed by atoms with Crippen molar-refractivity contribution in [1.29, 1.82) is 0 Å². The van der Waals surface area contributed by atoms with Crippen molar-refractivity contribution < 1.29 is 14.4 Å². The minimum atomic E-state index is -0.680. The molecule has 0 radical (unpaired) electrons. The van der Waals surface area contributed by atoms with E-state index in [0.29, 0.717) is 11.5 Å². The van der Waals surface area contributed by atoms with E-state index in [4.69, 9.17) is 5.21 Å². The molecule has 0 bridgehead atoms. The highest BCUT2D eigenvalue weighted by atomic mass is 19.1. The molecule has 0 saturated carbocycles. The van der Waals surface area contributed by atoms with Crippen LogP contribution in [-0.4, -0.2) is 32.3 Å². The van der Waals surface area contributed by atoms with Gasteiger partial charge in [0.2, 0.25) is 0 Å². The van der Waals surface area contributed by atoms with Gasteiger partial charge in [0, 0.05) is 6.54 Å². The molecule has 3 aromatic rings. The van der Waals surface area contributed by atoms with Crippen LogP contribution in [0.3, 0.4) is 0 Å². The van der Waals surface area contributed by atoms with E-state index in [1.54, 1.807) is 23.7 Å². The Kier molecular flexibility index (Phi) is 3.81. The van der Waals surface area contributed by atoms with Gasteiger partial charge in [0.1, 0.15) is 11.6 Å². The van der Waals surface area contributed by atoms with Crippen LogP contribution in [0, 0.1) is 5.82 Å². The maximum atomic E-state index is 13.6. The van der Waals surface area contributed by atoms with Gasteiger partial charge in [-0.1, -0.05) is 12.1 Å². The highest BCUT2D eigenvalue weighted by Crippen LogP contribution is 2.35. The van der Waals surface area contributed by atoms with E-state index in [1.165, 1.54) is 16.8 Å². The quantitative estimate of drug-likeness (QED) is 0.564. The van der Waals surface area contributed by atoms with Crippen molar-refractivity contribution in [2.75, 3.05) is 11.4 Å². The van der Waals surface area contributed by atoms with Gasteiger partial charge in [-0.15, -0.1) is 5.10 Å². The molecule has 2 N–H and O–H groups in total. The Morgan fingerprint density at radius 3 is 3.00 bits per heavy atom. The van der Waals surface area contributed by atoms with E-state index in [0.717, 1.165) is 24.9 Å². The first kappa shape index (κ1) is 15.5. The second-order valence-corrected chi connectivity index (χ2v) is 5.95. The number of anilines is 1. The summed E-state index contributed by atoms with van der Waals surface area (Å²) in [5.41, 5.74) is 3.14. The number of fused-ring (bicyclic) bond motifs is 1. The van der Waals surface area contributed by atoms with Gasteiger partial charge < -0.3 is 4.90 Å². The van der Waals surface area contributed by atoms with Crippen LogP contribution in [-0.2, 0) is 0 Å². The molecule has 7 nitrogen and oxygen atoms in total. The number of hydrogen-bond donors (Lipinski definition) is 2. The van der Waals surface area contributed by atoms with Crippen molar-refractivity contribution in [3.8, 4) is 0 Å². The Bertz CT molecular complexity index is 942. The SMILES string of the molecule is O=C(NO)c1cnc2ccc(N3CCCC3c3cccc(F)c3)nn12. The van der Waals surface area contributed by atoms with Crippen molar-refractivity contribution in [3.05, 3.63) is 59.7 Å². The number of hydrogen-bond acceptors (Lipinski definition) is 5. The lowest BCUT2D eigenvalue weighted by atomic mass is 10.0. The summed E-state index contributed by atoms with van der Waals surface area (Å²) in [6, 6.07) is 10.2. The molecule has 1 saturated heterocycles. The van der Waals surface area contributed by atoms with Gasteiger partial charge in [0.25, 0.3) is 5.91 Å². The summed E-state index contributed by atoms with van der Waals surface area (Å²) in [6.07, 6.45) is 3.22. The molecule has 2 aromatic heterocycles. The molecule has 3 heterocycles. The summed E-state index contributed by atoms with van der Waals surface area (Å²) < 4.78 is 15.0. The standard InChI is InChI=1S/C17H16FN5O2/c18-12-4-1-3-11(9-12)13-5-2-8-22(13)16-7-6-15-19-10-14(17(24)21-25)23(15)20-16/h1,3-4,6-7,9-10,13,25H,2,5,8H2,(H,21,24). The third-order valence-corrected chi connectivity index (χ3v) is 4.46. The third-order valence-electron chi connectivity index (χ3n) is 4.46. The highest BCUT2D eigenvalue weighted by molar-refractivity contribution is 5.92. The average Bonchev–Trinajstić information content (AvgIpc) is 3.27. The number of aromatic nitrogens is 3. The van der Waals surface area contributed by atoms with Crippen molar-refractivity contribution in [1.82, 2.24) is 20.1 Å². The summed E-state index contributed by atoms with van der Waals surface area (Å²) in [6.45, 7) is 0.788.